The number of fused-ring (bicyclic) bond motifs is 1. The Morgan fingerprint density at radius 2 is 2.14 bits per heavy atom. The van der Waals surface area contributed by atoms with E-state index in [9.17, 15) is 19.5 Å². The summed E-state index contributed by atoms with van der Waals surface area (Å²) in [5.41, 5.74) is 0. The van der Waals surface area contributed by atoms with Crippen LogP contribution in [0.15, 0.2) is 0 Å². The largest absolute Gasteiger partial charge is 0.466 e. The number of ether oxygens (including phenoxy) is 1. The van der Waals surface area contributed by atoms with Crippen molar-refractivity contribution in [2.75, 3.05) is 26.3 Å². The van der Waals surface area contributed by atoms with E-state index < -0.39 is 22.6 Å². The number of alkyl halides is 1. The molecule has 3 rings (SSSR count). The molecule has 3 aliphatic heterocycles. The number of nitrogens with zero attached hydrogens (tertiary/aromatic N) is 1. The number of unbranched alkanes of at least 4 members (excludes halogenated alkanes) is 2. The van der Waals surface area contributed by atoms with Crippen molar-refractivity contribution in [1.82, 2.24) is 10.2 Å². The normalized spacial score (nSPS) is 35.9. The number of hydrogen-bond acceptors (Lipinski definition) is 6. The summed E-state index contributed by atoms with van der Waals surface area (Å²) in [4.78, 5) is 40.6. The highest BCUT2D eigenvalue weighted by atomic mass is 79.9. The molecule has 1 spiro atoms. The molecule has 2 amide bonds. The predicted octanol–water partition coefficient (Wildman–Crippen LogP) is 1.31. The number of hydrogen-bond donors (Lipinski definition) is 2. The van der Waals surface area contributed by atoms with Gasteiger partial charge in [0, 0.05) is 23.2 Å². The van der Waals surface area contributed by atoms with E-state index in [0.29, 0.717) is 13.0 Å². The summed E-state index contributed by atoms with van der Waals surface area (Å²) in [5, 5.41) is 12.4. The quantitative estimate of drug-likeness (QED) is 0.296. The van der Waals surface area contributed by atoms with Crippen molar-refractivity contribution in [1.29, 1.82) is 0 Å². The lowest BCUT2D eigenvalue weighted by atomic mass is 9.71. The van der Waals surface area contributed by atoms with Gasteiger partial charge in [-0.2, -0.15) is 0 Å². The average Bonchev–Trinajstić information content (AvgIpc) is 3.23. The minimum absolute atomic E-state index is 0.0421. The zero-order chi connectivity index (χ0) is 20.5. The third-order valence-corrected chi connectivity index (χ3v) is 9.24. The van der Waals surface area contributed by atoms with Crippen molar-refractivity contribution < 1.29 is 24.2 Å². The van der Waals surface area contributed by atoms with Gasteiger partial charge >= 0.3 is 5.97 Å². The molecule has 28 heavy (non-hydrogen) atoms. The molecule has 3 fully saturated rings. The monoisotopic (exact) mass is 476 g/mol. The van der Waals surface area contributed by atoms with Gasteiger partial charge in [0.05, 0.1) is 29.8 Å². The van der Waals surface area contributed by atoms with Gasteiger partial charge in [0.2, 0.25) is 11.8 Å². The van der Waals surface area contributed by atoms with Crippen molar-refractivity contribution >= 4 is 45.5 Å². The standard InChI is InChI=1S/C19H29BrN2O5S/c1-3-5-6-7-21-16(24)15-19-10-11(20)14(28-19)12(18(26)27-4-2)13(19)17(25)22(15)8-9-23/h11-15,23H,3-10H2,1-2H3,(H,21,24)/t11?,12-,13+,14-,15?,19?/m1/s1. The van der Waals surface area contributed by atoms with E-state index in [-0.39, 0.29) is 47.6 Å². The topological polar surface area (TPSA) is 95.9 Å². The minimum atomic E-state index is -0.673. The lowest BCUT2D eigenvalue weighted by molar-refractivity contribution is -0.153. The molecular weight excluding hydrogens is 448 g/mol. The van der Waals surface area contributed by atoms with Gasteiger partial charge in [0.1, 0.15) is 6.04 Å². The van der Waals surface area contributed by atoms with E-state index in [4.69, 9.17) is 4.74 Å². The molecule has 0 saturated carbocycles. The molecule has 0 aromatic carbocycles. The lowest BCUT2D eigenvalue weighted by Crippen LogP contribution is -2.54. The van der Waals surface area contributed by atoms with Crippen LogP contribution in [0, 0.1) is 11.8 Å². The summed E-state index contributed by atoms with van der Waals surface area (Å²) in [5.74, 6) is -1.90. The van der Waals surface area contributed by atoms with Gasteiger partial charge in [-0.25, -0.2) is 0 Å². The molecule has 3 aliphatic rings. The van der Waals surface area contributed by atoms with Crippen LogP contribution in [0.25, 0.3) is 0 Å². The van der Waals surface area contributed by atoms with E-state index in [1.165, 1.54) is 4.90 Å². The summed E-state index contributed by atoms with van der Waals surface area (Å²) in [6.07, 6.45) is 3.62. The van der Waals surface area contributed by atoms with Crippen LogP contribution >= 0.6 is 27.7 Å². The van der Waals surface area contributed by atoms with Crippen LogP contribution in [-0.2, 0) is 19.1 Å². The Kier molecular flexibility index (Phi) is 6.97. The maximum Gasteiger partial charge on any atom is 0.310 e. The maximum atomic E-state index is 13.3. The summed E-state index contributed by atoms with van der Waals surface area (Å²) >= 11 is 5.26. The molecule has 0 aliphatic carbocycles. The predicted molar refractivity (Wildman–Crippen MR) is 110 cm³/mol. The third kappa shape index (κ3) is 3.47. The van der Waals surface area contributed by atoms with Crippen LogP contribution in [0.3, 0.4) is 0 Å². The molecule has 0 aromatic heterocycles. The molecule has 7 nitrogen and oxygen atoms in total. The van der Waals surface area contributed by atoms with E-state index in [0.717, 1.165) is 19.3 Å². The van der Waals surface area contributed by atoms with E-state index in [1.54, 1.807) is 18.7 Å². The van der Waals surface area contributed by atoms with Crippen LogP contribution in [-0.4, -0.2) is 75.0 Å². The fourth-order valence-corrected chi connectivity index (χ4v) is 8.57. The Hall–Kier alpha value is -0.800. The minimum Gasteiger partial charge on any atom is -0.466 e. The van der Waals surface area contributed by atoms with Crippen molar-refractivity contribution in [2.45, 2.75) is 60.4 Å². The summed E-state index contributed by atoms with van der Waals surface area (Å²) in [7, 11) is 0. The molecule has 158 valence electrons. The number of thioether (sulfide) groups is 1. The number of esters is 1. The molecule has 3 saturated heterocycles. The fourth-order valence-electron chi connectivity index (χ4n) is 4.97. The summed E-state index contributed by atoms with van der Waals surface area (Å²) in [6, 6.07) is -0.673. The van der Waals surface area contributed by atoms with Crippen LogP contribution in [0.4, 0.5) is 0 Å². The van der Waals surface area contributed by atoms with E-state index in [2.05, 4.69) is 28.2 Å². The molecular formula is C19H29BrN2O5S. The first kappa shape index (κ1) is 21.9. The van der Waals surface area contributed by atoms with Crippen molar-refractivity contribution in [3.8, 4) is 0 Å². The molecule has 6 atom stereocenters. The van der Waals surface area contributed by atoms with Gasteiger partial charge in [-0.3, -0.25) is 14.4 Å². The Bertz CT molecular complexity index is 635. The highest BCUT2D eigenvalue weighted by Crippen LogP contribution is 2.67. The van der Waals surface area contributed by atoms with Crippen LogP contribution in [0.5, 0.6) is 0 Å². The average molecular weight is 477 g/mol. The molecule has 0 aromatic rings. The highest BCUT2D eigenvalue weighted by Gasteiger charge is 2.75. The first-order valence-electron chi connectivity index (χ1n) is 10.1. The maximum absolute atomic E-state index is 13.3. The third-order valence-electron chi connectivity index (χ3n) is 6.02. The van der Waals surface area contributed by atoms with Gasteiger partial charge in [-0.1, -0.05) is 35.7 Å². The first-order chi connectivity index (χ1) is 13.4. The van der Waals surface area contributed by atoms with Gasteiger partial charge in [0.25, 0.3) is 0 Å². The lowest BCUT2D eigenvalue weighted by Gasteiger charge is -2.35. The van der Waals surface area contributed by atoms with Crippen molar-refractivity contribution in [2.24, 2.45) is 11.8 Å². The van der Waals surface area contributed by atoms with Gasteiger partial charge in [0.15, 0.2) is 0 Å². The Labute approximate surface area is 178 Å². The Morgan fingerprint density at radius 1 is 1.39 bits per heavy atom. The SMILES string of the molecule is CCCCCNC(=O)C1N(CCO)C(=O)[C@@H]2[C@@H](C(=O)OCC)[C@@H]3SC12CC3Br. The number of carbonyl (C=O) groups is 3. The number of halogens is 1. The number of aliphatic hydroxyl groups excluding tert-OH is 1. The number of aliphatic hydroxyl groups is 1. The molecule has 9 heteroatoms. The van der Waals surface area contributed by atoms with Gasteiger partial charge in [-0.05, 0) is 19.8 Å². The molecule has 2 N–H and O–H groups in total. The number of likely N-dealkylation sites (tertiary alicyclic amines) is 1. The molecule has 0 radical (unpaired) electrons. The first-order valence-corrected chi connectivity index (χ1v) is 11.9. The molecule has 2 bridgehead atoms. The second kappa shape index (κ2) is 8.92. The zero-order valence-electron chi connectivity index (χ0n) is 16.4. The number of nitrogens with one attached hydrogen (secondary N) is 1. The molecule has 3 heterocycles. The Morgan fingerprint density at radius 3 is 2.79 bits per heavy atom. The summed E-state index contributed by atoms with van der Waals surface area (Å²) in [6.45, 7) is 4.56. The second-order valence-electron chi connectivity index (χ2n) is 7.67. The highest BCUT2D eigenvalue weighted by molar-refractivity contribution is 9.09. The van der Waals surface area contributed by atoms with Crippen LogP contribution in [0.1, 0.15) is 39.5 Å². The number of carbonyl (C=O) groups excluding carboxylic acids is 3. The van der Waals surface area contributed by atoms with Gasteiger partial charge < -0.3 is 20.1 Å². The van der Waals surface area contributed by atoms with E-state index in [1.807, 2.05) is 0 Å². The molecule has 3 unspecified atom stereocenters. The number of β-amino-alcohol motifs (C(OH)–C–C–N with tert-alkyl or cyclic N) is 1. The van der Waals surface area contributed by atoms with Gasteiger partial charge in [-0.15, -0.1) is 11.8 Å². The smallest absolute Gasteiger partial charge is 0.310 e. The van der Waals surface area contributed by atoms with Crippen LogP contribution in [0.2, 0.25) is 0 Å². The number of amides is 2. The fraction of sp³-hybridized carbons (Fsp3) is 0.842. The number of rotatable bonds is 9. The Balaban J connectivity index is 1.90. The van der Waals surface area contributed by atoms with E-state index >= 15 is 0 Å². The zero-order valence-corrected chi connectivity index (χ0v) is 18.8. The second-order valence-corrected chi connectivity index (χ2v) is 10.4. The van der Waals surface area contributed by atoms with Crippen molar-refractivity contribution in [3.63, 3.8) is 0 Å². The summed E-state index contributed by atoms with van der Waals surface area (Å²) < 4.78 is 4.61. The van der Waals surface area contributed by atoms with Crippen molar-refractivity contribution in [3.05, 3.63) is 0 Å². The van der Waals surface area contributed by atoms with Crippen LogP contribution < -0.4 is 5.32 Å².